The van der Waals surface area contributed by atoms with Gasteiger partial charge in [0.1, 0.15) is 11.6 Å². The van der Waals surface area contributed by atoms with Crippen LogP contribution in [0.4, 0.5) is 10.1 Å². The molecule has 1 fully saturated rings. The second-order valence-corrected chi connectivity index (χ2v) is 12.4. The lowest BCUT2D eigenvalue weighted by molar-refractivity contribution is -0.140. The number of hydrogen-bond donors (Lipinski definition) is 1. The smallest absolute Gasteiger partial charge is 0.305 e. The fourth-order valence-corrected chi connectivity index (χ4v) is 5.91. The van der Waals surface area contributed by atoms with Crippen molar-refractivity contribution in [3.8, 4) is 17.2 Å². The molecule has 1 N–H and O–H groups in total. The maximum atomic E-state index is 15.3. The Balaban J connectivity index is 0.00000576. The molecule has 2 aromatic carbocycles. The highest BCUT2D eigenvalue weighted by Gasteiger charge is 2.34. The van der Waals surface area contributed by atoms with E-state index in [4.69, 9.17) is 29.1 Å². The zero-order valence-corrected chi connectivity index (χ0v) is 28.7. The number of nitrogens with zero attached hydrogens (tertiary/aromatic N) is 2. The number of unbranched alkanes of at least 4 members (excludes halogenated alkanes) is 1. The summed E-state index contributed by atoms with van der Waals surface area (Å²) in [6.07, 6.45) is 2.57. The van der Waals surface area contributed by atoms with Crippen molar-refractivity contribution in [2.75, 3.05) is 59.1 Å². The summed E-state index contributed by atoms with van der Waals surface area (Å²) in [6, 6.07) is 5.41. The maximum Gasteiger partial charge on any atom is 0.305 e. The molecule has 4 rings (SSSR count). The van der Waals surface area contributed by atoms with Gasteiger partial charge in [-0.25, -0.2) is 4.39 Å². The van der Waals surface area contributed by atoms with Crippen molar-refractivity contribution in [2.24, 2.45) is 0 Å². The van der Waals surface area contributed by atoms with Crippen LogP contribution in [-0.2, 0) is 26.2 Å². The first-order valence-corrected chi connectivity index (χ1v) is 15.5. The number of esters is 1. The van der Waals surface area contributed by atoms with Crippen molar-refractivity contribution < 1.29 is 37.7 Å². The number of ether oxygens (including phenoxy) is 5. The van der Waals surface area contributed by atoms with Crippen LogP contribution in [0.5, 0.6) is 17.2 Å². The van der Waals surface area contributed by atoms with E-state index in [-0.39, 0.29) is 71.7 Å². The Morgan fingerprint density at radius 3 is 2.43 bits per heavy atom. The van der Waals surface area contributed by atoms with Crippen LogP contribution in [0.3, 0.4) is 0 Å². The Kier molecular flexibility index (Phi) is 12.7. The zero-order valence-electron chi connectivity index (χ0n) is 27.9. The standard InChI is InChI=1S/C34H46FN3O7.ClH/c1-8-44-23-12-13-37(19-23)25-16-21(15-24(34(2,3)4)31(25)45-14-10-9-11-28(40)42-6)26(39)20-38-18-22-17-27(41-5)32(43-7)30(35)29(22)33(38)36;/h15-17,23,36H,8-14,18-20H2,1-7H3;1H. The van der Waals surface area contributed by atoms with Gasteiger partial charge < -0.3 is 33.5 Å². The van der Waals surface area contributed by atoms with Crippen LogP contribution in [0.1, 0.15) is 80.4 Å². The van der Waals surface area contributed by atoms with E-state index in [0.717, 1.165) is 30.0 Å². The van der Waals surface area contributed by atoms with Crippen molar-refractivity contribution in [2.45, 2.75) is 71.4 Å². The summed E-state index contributed by atoms with van der Waals surface area (Å²) in [6.45, 7) is 10.8. The summed E-state index contributed by atoms with van der Waals surface area (Å²) in [4.78, 5) is 29.3. The molecule has 0 radical (unpaired) electrons. The van der Waals surface area contributed by atoms with E-state index in [1.165, 1.54) is 21.3 Å². The molecule has 1 saturated heterocycles. The number of methoxy groups -OCH3 is 3. The van der Waals surface area contributed by atoms with Crippen LogP contribution in [-0.4, -0.2) is 82.8 Å². The number of Topliss-reactive ketones (excluding diaryl/α,β-unsaturated/α-hetero) is 1. The van der Waals surface area contributed by atoms with E-state index in [1.54, 1.807) is 11.0 Å². The van der Waals surface area contributed by atoms with Gasteiger partial charge in [-0.05, 0) is 55.4 Å². The van der Waals surface area contributed by atoms with Gasteiger partial charge in [0.2, 0.25) is 0 Å². The summed E-state index contributed by atoms with van der Waals surface area (Å²) in [5, 5.41) is 8.71. The van der Waals surface area contributed by atoms with Crippen molar-refractivity contribution in [1.82, 2.24) is 4.90 Å². The number of carbonyl (C=O) groups is 2. The van der Waals surface area contributed by atoms with Crippen LogP contribution in [0, 0.1) is 11.2 Å². The Labute approximate surface area is 277 Å². The van der Waals surface area contributed by atoms with Crippen LogP contribution in [0.2, 0.25) is 0 Å². The van der Waals surface area contributed by atoms with Gasteiger partial charge in [0, 0.05) is 43.8 Å². The molecule has 2 aromatic rings. The predicted molar refractivity (Wildman–Crippen MR) is 177 cm³/mol. The van der Waals surface area contributed by atoms with Gasteiger partial charge in [0.05, 0.1) is 51.8 Å². The van der Waals surface area contributed by atoms with Gasteiger partial charge in [-0.2, -0.15) is 0 Å². The van der Waals surface area contributed by atoms with Gasteiger partial charge in [0.25, 0.3) is 0 Å². The second kappa shape index (κ2) is 15.8. The summed E-state index contributed by atoms with van der Waals surface area (Å²) < 4.78 is 43.0. The van der Waals surface area contributed by atoms with Gasteiger partial charge in [-0.15, -0.1) is 12.4 Å². The van der Waals surface area contributed by atoms with Crippen LogP contribution in [0.15, 0.2) is 18.2 Å². The molecule has 1 unspecified atom stereocenters. The summed E-state index contributed by atoms with van der Waals surface area (Å²) in [5.74, 6) is -0.283. The summed E-state index contributed by atoms with van der Waals surface area (Å²) >= 11 is 0. The quantitative estimate of drug-likeness (QED) is 0.150. The van der Waals surface area contributed by atoms with E-state index >= 15 is 4.39 Å². The normalized spacial score (nSPS) is 15.8. The highest BCUT2D eigenvalue weighted by atomic mass is 35.5. The number of amidine groups is 1. The van der Waals surface area contributed by atoms with Crippen LogP contribution >= 0.6 is 12.4 Å². The number of anilines is 1. The fraction of sp³-hybridized carbons (Fsp3) is 0.559. The lowest BCUT2D eigenvalue weighted by atomic mass is 9.84. The Bertz CT molecular complexity index is 1430. The first kappa shape index (κ1) is 36.9. The lowest BCUT2D eigenvalue weighted by Crippen LogP contribution is -2.31. The molecule has 2 heterocycles. The number of ketones is 1. The Morgan fingerprint density at radius 2 is 1.80 bits per heavy atom. The average Bonchev–Trinajstić information content (AvgIpc) is 3.60. The van der Waals surface area contributed by atoms with Gasteiger partial charge in [-0.3, -0.25) is 15.0 Å². The molecule has 1 atom stereocenters. The number of halogens is 2. The van der Waals surface area contributed by atoms with Gasteiger partial charge in [0.15, 0.2) is 23.1 Å². The third-order valence-electron chi connectivity index (χ3n) is 8.28. The summed E-state index contributed by atoms with van der Waals surface area (Å²) in [5.41, 5.74) is 2.52. The largest absolute Gasteiger partial charge is 0.493 e. The van der Waals surface area contributed by atoms with Crippen molar-refractivity contribution >= 4 is 35.7 Å². The molecule has 0 spiro atoms. The predicted octanol–water partition coefficient (Wildman–Crippen LogP) is 5.92. The van der Waals surface area contributed by atoms with E-state index in [1.807, 2.05) is 19.1 Å². The SMILES string of the molecule is CCOC1CCN(c2cc(C(=O)CN3Cc4cc(OC)c(OC)c(F)c4C3=N)cc(C(C)(C)C)c2OCCCCC(=O)OC)C1.Cl. The highest BCUT2D eigenvalue weighted by molar-refractivity contribution is 6.06. The van der Waals surface area contributed by atoms with Crippen molar-refractivity contribution in [1.29, 1.82) is 5.41 Å². The van der Waals surface area contributed by atoms with E-state index in [0.29, 0.717) is 50.1 Å². The van der Waals surface area contributed by atoms with Crippen LogP contribution < -0.4 is 19.1 Å². The number of fused-ring (bicyclic) bond motifs is 1. The molecule has 2 aliphatic rings. The van der Waals surface area contributed by atoms with Crippen molar-refractivity contribution in [3.05, 3.63) is 46.3 Å². The Morgan fingerprint density at radius 1 is 1.07 bits per heavy atom. The number of benzene rings is 2. The molecular formula is C34H47ClFN3O7. The van der Waals surface area contributed by atoms with E-state index in [2.05, 4.69) is 25.7 Å². The topological polar surface area (TPSA) is 111 Å². The molecular weight excluding hydrogens is 617 g/mol. The molecule has 46 heavy (non-hydrogen) atoms. The minimum absolute atomic E-state index is 0. The number of hydrogen-bond acceptors (Lipinski definition) is 9. The molecule has 12 heteroatoms. The molecule has 0 aromatic heterocycles. The monoisotopic (exact) mass is 663 g/mol. The van der Waals surface area contributed by atoms with Crippen molar-refractivity contribution in [3.63, 3.8) is 0 Å². The fourth-order valence-electron chi connectivity index (χ4n) is 5.91. The van der Waals surface area contributed by atoms with Gasteiger partial charge >= 0.3 is 5.97 Å². The molecule has 10 nitrogen and oxygen atoms in total. The maximum absolute atomic E-state index is 15.3. The lowest BCUT2D eigenvalue weighted by Gasteiger charge is -2.30. The average molecular weight is 664 g/mol. The molecule has 2 aliphatic heterocycles. The van der Waals surface area contributed by atoms with E-state index < -0.39 is 5.82 Å². The third kappa shape index (κ3) is 8.04. The summed E-state index contributed by atoms with van der Waals surface area (Å²) in [7, 11) is 4.17. The third-order valence-corrected chi connectivity index (χ3v) is 8.28. The molecule has 0 aliphatic carbocycles. The minimum Gasteiger partial charge on any atom is -0.493 e. The second-order valence-electron chi connectivity index (χ2n) is 12.4. The molecule has 254 valence electrons. The molecule has 0 saturated carbocycles. The van der Waals surface area contributed by atoms with E-state index in [9.17, 15) is 9.59 Å². The Hall–Kier alpha value is -3.57. The number of nitrogens with one attached hydrogen (secondary N) is 1. The first-order chi connectivity index (χ1) is 21.4. The minimum atomic E-state index is -0.671. The van der Waals surface area contributed by atoms with Gasteiger partial charge in [-0.1, -0.05) is 20.8 Å². The molecule has 0 amide bonds. The van der Waals surface area contributed by atoms with Crippen LogP contribution in [0.25, 0.3) is 0 Å². The first-order valence-electron chi connectivity index (χ1n) is 15.5. The molecule has 0 bridgehead atoms. The number of rotatable bonds is 14. The highest BCUT2D eigenvalue weighted by Crippen LogP contribution is 2.43. The zero-order chi connectivity index (χ0) is 32.9. The number of carbonyl (C=O) groups excluding carboxylic acids is 2.